The van der Waals surface area contributed by atoms with Crippen molar-refractivity contribution >= 4 is 5.97 Å². The zero-order valence-corrected chi connectivity index (χ0v) is 36.0. The van der Waals surface area contributed by atoms with Gasteiger partial charge >= 0.3 is 12.1 Å². The largest absolute Gasteiger partial charge is 0.460 e. The molecule has 4 aliphatic heterocycles. The summed E-state index contributed by atoms with van der Waals surface area (Å²) in [5.41, 5.74) is 0. The van der Waals surface area contributed by atoms with Gasteiger partial charge in [0.05, 0.1) is 49.5 Å². The zero-order chi connectivity index (χ0) is 47.8. The van der Waals surface area contributed by atoms with Crippen molar-refractivity contribution in [1.82, 2.24) is 0 Å². The third-order valence-corrected chi connectivity index (χ3v) is 14.5. The van der Waals surface area contributed by atoms with Crippen molar-refractivity contribution in [3.05, 3.63) is 12.2 Å². The summed E-state index contributed by atoms with van der Waals surface area (Å²) in [5, 5.41) is 129. The summed E-state index contributed by atoms with van der Waals surface area (Å²) in [6, 6.07) is 0. The lowest BCUT2D eigenvalue weighted by molar-refractivity contribution is -0.385. The van der Waals surface area contributed by atoms with Gasteiger partial charge in [0.1, 0.15) is 79.9 Å². The van der Waals surface area contributed by atoms with Gasteiger partial charge in [0, 0.05) is 24.8 Å². The fraction of sp³-hybridized carbons (Fsp3) is 0.929. The molecule has 0 spiro atoms. The van der Waals surface area contributed by atoms with Crippen molar-refractivity contribution in [3.8, 4) is 0 Å². The third-order valence-electron chi connectivity index (χ3n) is 14.5. The number of alkyl halides is 3. The number of aliphatic hydroxyl groups is 14. The molecular weight excluding hydrogens is 897 g/mol. The van der Waals surface area contributed by atoms with E-state index in [1.54, 1.807) is 0 Å². The molecule has 0 radical (unpaired) electrons. The second-order valence-corrected chi connectivity index (χ2v) is 19.0. The van der Waals surface area contributed by atoms with Crippen LogP contribution in [0.3, 0.4) is 0 Å². The number of ether oxygens (including phenoxy) is 8. The molecule has 3 saturated carbocycles. The van der Waals surface area contributed by atoms with Crippen molar-refractivity contribution in [1.29, 1.82) is 0 Å². The summed E-state index contributed by atoms with van der Waals surface area (Å²) >= 11 is 0. The Morgan fingerprint density at radius 2 is 1.30 bits per heavy atom. The van der Waals surface area contributed by atoms with Crippen LogP contribution in [-0.4, -0.2) is 227 Å². The van der Waals surface area contributed by atoms with Gasteiger partial charge in [0.15, 0.2) is 31.1 Å². The Morgan fingerprint density at radius 3 is 2.00 bits per heavy atom. The molecule has 24 heteroatoms. The van der Waals surface area contributed by atoms with Crippen LogP contribution in [0, 0.1) is 23.7 Å². The minimum atomic E-state index is -4.29. The molecule has 380 valence electrons. The maximum absolute atomic E-state index is 13.0. The first-order chi connectivity index (χ1) is 31.2. The summed E-state index contributed by atoms with van der Waals surface area (Å²) in [7, 11) is 0. The first-order valence-electron chi connectivity index (χ1n) is 22.8. The monoisotopic (exact) mass is 963 g/mol. The van der Waals surface area contributed by atoms with Crippen LogP contribution in [0.2, 0.25) is 0 Å². The van der Waals surface area contributed by atoms with Crippen LogP contribution in [0.1, 0.15) is 64.2 Å². The molecule has 23 atom stereocenters. The van der Waals surface area contributed by atoms with E-state index in [1.807, 2.05) is 0 Å². The van der Waals surface area contributed by atoms with Gasteiger partial charge in [-0.05, 0) is 57.3 Å². The number of hydrogen-bond donors (Lipinski definition) is 12. The van der Waals surface area contributed by atoms with Gasteiger partial charge < -0.3 is 99.2 Å². The summed E-state index contributed by atoms with van der Waals surface area (Å²) in [6.45, 7) is -1.85. The smallest absolute Gasteiger partial charge is 0.391 e. The molecule has 4 heterocycles. The van der Waals surface area contributed by atoms with Gasteiger partial charge in [-0.1, -0.05) is 6.08 Å². The molecule has 7 fully saturated rings. The molecule has 23 unspecified atom stereocenters. The average Bonchev–Trinajstić information content (AvgIpc) is 3.27. The Morgan fingerprint density at radius 1 is 0.636 bits per heavy atom. The van der Waals surface area contributed by atoms with Crippen LogP contribution in [0.4, 0.5) is 13.2 Å². The quantitative estimate of drug-likeness (QED) is 0.0508. The SMILES string of the molecule is O=C(C=CC1CCC(C(F)(F)F)CC1)OCC1OC(OCC2OC(OC3CC4C(O)CC(O)CC4[OH+]C3C3CCC(O)C(O)C3)C(OC3OCC(O)C(O)C3O)C(O)C2O)C(O)C(O)C1O. The zero-order valence-electron chi connectivity index (χ0n) is 36.0. The van der Waals surface area contributed by atoms with E-state index >= 15 is 0 Å². The lowest BCUT2D eigenvalue weighted by atomic mass is 9.72. The van der Waals surface area contributed by atoms with E-state index in [0.717, 1.165) is 6.08 Å². The second kappa shape index (κ2) is 22.1. The predicted octanol–water partition coefficient (Wildman–Crippen LogP) is -3.74. The normalized spacial score (nSPS) is 49.6. The molecular formula is C42H66F3O21+. The fourth-order valence-electron chi connectivity index (χ4n) is 10.5. The first-order valence-corrected chi connectivity index (χ1v) is 22.8. The fourth-order valence-corrected chi connectivity index (χ4v) is 10.5. The van der Waals surface area contributed by atoms with Crippen LogP contribution in [-0.2, 0) is 38.0 Å². The van der Waals surface area contributed by atoms with Crippen molar-refractivity contribution in [2.24, 2.45) is 23.7 Å². The minimum Gasteiger partial charge on any atom is -0.460 e. The van der Waals surface area contributed by atoms with Crippen molar-refractivity contribution in [2.75, 3.05) is 19.8 Å². The minimum absolute atomic E-state index is 0.0718. The summed E-state index contributed by atoms with van der Waals surface area (Å²) in [6.07, 6.45) is -30.7. The molecule has 4 saturated heterocycles. The summed E-state index contributed by atoms with van der Waals surface area (Å²) in [4.78, 5) is 12.5. The van der Waals surface area contributed by atoms with E-state index < -0.39 is 173 Å². The number of fused-ring (bicyclic) bond motifs is 1. The number of allylic oxidation sites excluding steroid dienone is 1. The molecule has 21 nitrogen and oxygen atoms in total. The molecule has 0 aromatic rings. The number of hydrogen-bond acceptors (Lipinski definition) is 20. The number of esters is 1. The van der Waals surface area contributed by atoms with Gasteiger partial charge in [-0.15, -0.1) is 0 Å². The van der Waals surface area contributed by atoms with E-state index in [1.165, 1.54) is 6.08 Å². The number of rotatable bonds is 12. The van der Waals surface area contributed by atoms with Gasteiger partial charge in [0.2, 0.25) is 0 Å². The summed E-state index contributed by atoms with van der Waals surface area (Å²) in [5.74, 6) is -3.48. The van der Waals surface area contributed by atoms with Gasteiger partial charge in [0.25, 0.3) is 0 Å². The van der Waals surface area contributed by atoms with Gasteiger partial charge in [-0.25, -0.2) is 4.79 Å². The summed E-state index contributed by atoms with van der Waals surface area (Å²) < 4.78 is 84.8. The Kier molecular flexibility index (Phi) is 17.5. The number of carbonyl (C=O) groups is 1. The number of aliphatic hydroxyl groups excluding tert-OH is 12. The standard InChI is InChI=1S/C42H65F3O21/c43-42(44,45)18-5-1-16(2-6-18)3-8-29(51)59-14-27-31(53)33(55)36(58)39(64-27)61-15-28-32(54)34(56)38(66-40-35(57)30(52)24(50)13-60-40)41(65-28)63-26-12-20-22(48)10-19(46)11-25(20)62-37(26)17-4-7-21(47)23(49)9-17/h3,8,16-28,30-41,46-50,52-58H,1-2,4-7,9-15H2/p+1. The van der Waals surface area contributed by atoms with E-state index in [0.29, 0.717) is 6.42 Å². The number of carbonyl (C=O) groups excluding carboxylic acids is 1. The molecule has 0 aromatic heterocycles. The van der Waals surface area contributed by atoms with E-state index in [-0.39, 0.29) is 69.6 Å². The van der Waals surface area contributed by atoms with Crippen molar-refractivity contribution in [3.63, 3.8) is 0 Å². The maximum Gasteiger partial charge on any atom is 0.391 e. The molecule has 7 rings (SSSR count). The van der Waals surface area contributed by atoms with Crippen LogP contribution < -0.4 is 0 Å². The number of halogens is 3. The second-order valence-electron chi connectivity index (χ2n) is 19.0. The lowest BCUT2D eigenvalue weighted by Crippen LogP contribution is -2.65. The highest BCUT2D eigenvalue weighted by Gasteiger charge is 2.57. The first kappa shape index (κ1) is 52.1. The van der Waals surface area contributed by atoms with E-state index in [2.05, 4.69) is 0 Å². The molecule has 0 bridgehead atoms. The van der Waals surface area contributed by atoms with Gasteiger partial charge in [-0.2, -0.15) is 13.2 Å². The molecule has 3 aliphatic carbocycles. The molecule has 66 heavy (non-hydrogen) atoms. The van der Waals surface area contributed by atoms with Crippen LogP contribution in [0.5, 0.6) is 0 Å². The van der Waals surface area contributed by atoms with Crippen LogP contribution in [0.25, 0.3) is 0 Å². The highest BCUT2D eigenvalue weighted by molar-refractivity contribution is 5.81. The average molecular weight is 964 g/mol. The molecule has 13 N–H and O–H groups in total. The Bertz CT molecular complexity index is 1590. The maximum atomic E-state index is 13.0. The van der Waals surface area contributed by atoms with Crippen LogP contribution in [0.15, 0.2) is 12.2 Å². The predicted molar refractivity (Wildman–Crippen MR) is 211 cm³/mol. The Labute approximate surface area is 377 Å². The molecule has 0 amide bonds. The highest BCUT2D eigenvalue weighted by Crippen LogP contribution is 2.43. The highest BCUT2D eigenvalue weighted by atomic mass is 19.4. The van der Waals surface area contributed by atoms with Gasteiger partial charge in [-0.3, -0.25) is 0 Å². The van der Waals surface area contributed by atoms with E-state index in [4.69, 9.17) is 37.9 Å². The topological polar surface area (TPSA) is 337 Å². The van der Waals surface area contributed by atoms with Crippen molar-refractivity contribution < 1.29 is 117 Å². The Hall–Kier alpha value is -1.76. The van der Waals surface area contributed by atoms with Crippen molar-refractivity contribution in [2.45, 2.75) is 199 Å². The Balaban J connectivity index is 1.04. The lowest BCUT2D eigenvalue weighted by Gasteiger charge is -2.49. The van der Waals surface area contributed by atoms with Crippen LogP contribution >= 0.6 is 0 Å². The third kappa shape index (κ3) is 12.0. The van der Waals surface area contributed by atoms with E-state index in [9.17, 15) is 79.2 Å². The molecule has 0 aromatic carbocycles. The molecule has 7 aliphatic rings.